The van der Waals surface area contributed by atoms with Crippen LogP contribution in [0.25, 0.3) is 0 Å². The summed E-state index contributed by atoms with van der Waals surface area (Å²) in [6.07, 6.45) is 7.58. The van der Waals surface area contributed by atoms with Crippen LogP contribution in [0.3, 0.4) is 0 Å². The molecule has 2 fully saturated rings. The molecule has 5 nitrogen and oxygen atoms in total. The zero-order chi connectivity index (χ0) is 17.3. The summed E-state index contributed by atoms with van der Waals surface area (Å²) in [6, 6.07) is 0. The van der Waals surface area contributed by atoms with Crippen LogP contribution >= 0.6 is 24.0 Å². The average molecular weight is 467 g/mol. The third-order valence-corrected chi connectivity index (χ3v) is 5.46. The molecule has 1 unspecified atom stereocenters. The van der Waals surface area contributed by atoms with Crippen LogP contribution in [0.4, 0.5) is 0 Å². The maximum atomic E-state index is 5.62. The first-order valence-electron chi connectivity index (χ1n) is 9.84. The standard InChI is InChI=1S/C19H37N3O2.HI/c1-4-20-18(22(3)14-17-8-12-24-15-17)21-16-19(9-6-7-10-19)11-13-23-5-2;/h17H,4-16H2,1-3H3,(H,20,21);1H. The van der Waals surface area contributed by atoms with Crippen LogP contribution in [-0.2, 0) is 9.47 Å². The average Bonchev–Trinajstić information content (AvgIpc) is 3.24. The van der Waals surface area contributed by atoms with Crippen LogP contribution < -0.4 is 5.32 Å². The molecule has 2 aliphatic rings. The molecule has 0 aromatic carbocycles. The number of rotatable bonds is 9. The van der Waals surface area contributed by atoms with Crippen molar-refractivity contribution < 1.29 is 9.47 Å². The van der Waals surface area contributed by atoms with Gasteiger partial charge in [0.25, 0.3) is 0 Å². The first-order chi connectivity index (χ1) is 11.7. The second-order valence-corrected chi connectivity index (χ2v) is 7.43. The highest BCUT2D eigenvalue weighted by Crippen LogP contribution is 2.41. The van der Waals surface area contributed by atoms with Crippen molar-refractivity contribution in [3.63, 3.8) is 0 Å². The van der Waals surface area contributed by atoms with Gasteiger partial charge in [-0.05, 0) is 44.9 Å². The van der Waals surface area contributed by atoms with Gasteiger partial charge >= 0.3 is 0 Å². The first-order valence-corrected chi connectivity index (χ1v) is 9.84. The minimum absolute atomic E-state index is 0. The number of halogens is 1. The largest absolute Gasteiger partial charge is 0.382 e. The fraction of sp³-hybridized carbons (Fsp3) is 0.947. The molecule has 0 spiro atoms. The van der Waals surface area contributed by atoms with Gasteiger partial charge in [-0.1, -0.05) is 12.8 Å². The minimum atomic E-state index is 0. The van der Waals surface area contributed by atoms with Gasteiger partial charge in [-0.15, -0.1) is 24.0 Å². The summed E-state index contributed by atoms with van der Waals surface area (Å²) in [7, 11) is 2.15. The molecule has 0 aromatic rings. The number of hydrogen-bond acceptors (Lipinski definition) is 3. The number of nitrogens with one attached hydrogen (secondary N) is 1. The first kappa shape index (κ1) is 23.0. The summed E-state index contributed by atoms with van der Waals surface area (Å²) in [5.41, 5.74) is 0.354. The van der Waals surface area contributed by atoms with Crippen LogP contribution in [0, 0.1) is 11.3 Å². The molecule has 6 heteroatoms. The highest BCUT2D eigenvalue weighted by molar-refractivity contribution is 14.0. The number of nitrogens with zero attached hydrogens (tertiary/aromatic N) is 2. The van der Waals surface area contributed by atoms with Gasteiger partial charge < -0.3 is 19.7 Å². The zero-order valence-corrected chi connectivity index (χ0v) is 18.7. The van der Waals surface area contributed by atoms with Gasteiger partial charge in [-0.2, -0.15) is 0 Å². The molecule has 1 saturated heterocycles. The summed E-state index contributed by atoms with van der Waals surface area (Å²) in [4.78, 5) is 7.31. The van der Waals surface area contributed by atoms with E-state index in [1.807, 2.05) is 0 Å². The molecule has 1 N–H and O–H groups in total. The van der Waals surface area contributed by atoms with E-state index in [9.17, 15) is 0 Å². The van der Waals surface area contributed by atoms with Crippen molar-refractivity contribution in [2.45, 2.75) is 52.4 Å². The molecule has 1 atom stereocenters. The Morgan fingerprint density at radius 2 is 2.08 bits per heavy atom. The van der Waals surface area contributed by atoms with Crippen molar-refractivity contribution in [3.05, 3.63) is 0 Å². The van der Waals surface area contributed by atoms with E-state index in [1.165, 1.54) is 32.1 Å². The summed E-state index contributed by atoms with van der Waals surface area (Å²) >= 11 is 0. The summed E-state index contributed by atoms with van der Waals surface area (Å²) < 4.78 is 11.1. The van der Waals surface area contributed by atoms with Crippen molar-refractivity contribution in [3.8, 4) is 0 Å². The molecular formula is C19H38IN3O2. The Morgan fingerprint density at radius 1 is 1.32 bits per heavy atom. The molecule has 1 aliphatic carbocycles. The van der Waals surface area contributed by atoms with Gasteiger partial charge in [0.15, 0.2) is 5.96 Å². The number of aliphatic imine (C=N–C) groups is 1. The molecule has 25 heavy (non-hydrogen) atoms. The van der Waals surface area contributed by atoms with Gasteiger partial charge in [0.2, 0.25) is 0 Å². The van der Waals surface area contributed by atoms with Gasteiger partial charge in [0, 0.05) is 52.4 Å². The zero-order valence-electron chi connectivity index (χ0n) is 16.4. The Bertz CT molecular complexity index is 381. The highest BCUT2D eigenvalue weighted by Gasteiger charge is 2.33. The normalized spacial score (nSPS) is 22.7. The maximum Gasteiger partial charge on any atom is 0.193 e. The molecular weight excluding hydrogens is 429 g/mol. The fourth-order valence-electron chi connectivity index (χ4n) is 3.96. The molecule has 1 saturated carbocycles. The fourth-order valence-corrected chi connectivity index (χ4v) is 3.96. The van der Waals surface area contributed by atoms with Crippen molar-refractivity contribution >= 4 is 29.9 Å². The molecule has 1 aliphatic heterocycles. The Kier molecular flexibility index (Phi) is 11.3. The molecule has 0 aromatic heterocycles. The molecule has 2 rings (SSSR count). The monoisotopic (exact) mass is 467 g/mol. The topological polar surface area (TPSA) is 46.1 Å². The smallest absolute Gasteiger partial charge is 0.193 e. The van der Waals surface area contributed by atoms with E-state index in [2.05, 4.69) is 31.1 Å². The molecule has 0 bridgehead atoms. The minimum Gasteiger partial charge on any atom is -0.382 e. The van der Waals surface area contributed by atoms with Crippen molar-refractivity contribution in [1.29, 1.82) is 0 Å². The van der Waals surface area contributed by atoms with Crippen LogP contribution in [0.2, 0.25) is 0 Å². The van der Waals surface area contributed by atoms with Crippen molar-refractivity contribution in [1.82, 2.24) is 10.2 Å². The second kappa shape index (κ2) is 12.3. The lowest BCUT2D eigenvalue weighted by Crippen LogP contribution is -2.42. The third kappa shape index (κ3) is 7.59. The van der Waals surface area contributed by atoms with Gasteiger partial charge in [-0.25, -0.2) is 0 Å². The van der Waals surface area contributed by atoms with Crippen LogP contribution in [0.15, 0.2) is 4.99 Å². The van der Waals surface area contributed by atoms with E-state index in [-0.39, 0.29) is 24.0 Å². The van der Waals surface area contributed by atoms with E-state index in [1.54, 1.807) is 0 Å². The quantitative estimate of drug-likeness (QED) is 0.244. The predicted octanol–water partition coefficient (Wildman–Crippen LogP) is 3.53. The lowest BCUT2D eigenvalue weighted by Gasteiger charge is -2.29. The molecule has 1 heterocycles. The summed E-state index contributed by atoms with van der Waals surface area (Å²) in [6.45, 7) is 10.6. The second-order valence-electron chi connectivity index (χ2n) is 7.43. The van der Waals surface area contributed by atoms with Crippen molar-refractivity contribution in [2.75, 3.05) is 53.1 Å². The van der Waals surface area contributed by atoms with E-state index in [0.717, 1.165) is 58.4 Å². The molecule has 0 radical (unpaired) electrons. The summed E-state index contributed by atoms with van der Waals surface area (Å²) in [5, 5.41) is 3.47. The Morgan fingerprint density at radius 3 is 2.68 bits per heavy atom. The van der Waals surface area contributed by atoms with Gasteiger partial charge in [0.05, 0.1) is 6.61 Å². The predicted molar refractivity (Wildman–Crippen MR) is 115 cm³/mol. The van der Waals surface area contributed by atoms with Gasteiger partial charge in [-0.3, -0.25) is 4.99 Å². The van der Waals surface area contributed by atoms with Crippen LogP contribution in [-0.4, -0.2) is 64.0 Å². The summed E-state index contributed by atoms with van der Waals surface area (Å²) in [5.74, 6) is 1.68. The van der Waals surface area contributed by atoms with Crippen LogP contribution in [0.5, 0.6) is 0 Å². The lowest BCUT2D eigenvalue weighted by atomic mass is 9.83. The number of ether oxygens (including phenoxy) is 2. The molecule has 148 valence electrons. The highest BCUT2D eigenvalue weighted by atomic mass is 127. The van der Waals surface area contributed by atoms with Crippen molar-refractivity contribution in [2.24, 2.45) is 16.3 Å². The van der Waals surface area contributed by atoms with Gasteiger partial charge in [0.1, 0.15) is 0 Å². The molecule has 0 amide bonds. The Hall–Kier alpha value is -0.0800. The Balaban J connectivity index is 0.00000312. The van der Waals surface area contributed by atoms with E-state index < -0.39 is 0 Å². The van der Waals surface area contributed by atoms with E-state index in [4.69, 9.17) is 14.5 Å². The number of hydrogen-bond donors (Lipinski definition) is 1. The SMILES string of the molecule is CCNC(=NCC1(CCOCC)CCCC1)N(C)CC1CCOC1.I. The maximum absolute atomic E-state index is 5.62. The van der Waals surface area contributed by atoms with Crippen LogP contribution in [0.1, 0.15) is 52.4 Å². The van der Waals surface area contributed by atoms with E-state index in [0.29, 0.717) is 11.3 Å². The lowest BCUT2D eigenvalue weighted by molar-refractivity contribution is 0.107. The number of guanidine groups is 1. The Labute approximate surface area is 171 Å². The third-order valence-electron chi connectivity index (χ3n) is 5.46. The van der Waals surface area contributed by atoms with E-state index >= 15 is 0 Å².